The summed E-state index contributed by atoms with van der Waals surface area (Å²) >= 11 is 0. The summed E-state index contributed by atoms with van der Waals surface area (Å²) < 4.78 is 40.5. The maximum Gasteiger partial charge on any atom is 0.421 e. The van der Waals surface area contributed by atoms with E-state index in [1.54, 1.807) is 24.0 Å². The molecule has 0 radical (unpaired) electrons. The normalized spacial score (nSPS) is 11.6. The molecule has 0 aromatic carbocycles. The predicted molar refractivity (Wildman–Crippen MR) is 89.8 cm³/mol. The Hall–Kier alpha value is -3.17. The molecule has 3 aromatic heterocycles. The molecular weight excluding hydrogens is 347 g/mol. The molecule has 0 fully saturated rings. The second-order valence-corrected chi connectivity index (χ2v) is 5.66. The summed E-state index contributed by atoms with van der Waals surface area (Å²) in [6.07, 6.45) is -1.21. The molecule has 26 heavy (non-hydrogen) atoms. The summed E-state index contributed by atoms with van der Waals surface area (Å²) in [7, 11) is 0. The Morgan fingerprint density at radius 1 is 1.15 bits per heavy atom. The van der Waals surface area contributed by atoms with Crippen LogP contribution in [0.25, 0.3) is 0 Å². The first-order valence-corrected chi connectivity index (χ1v) is 7.66. The van der Waals surface area contributed by atoms with E-state index < -0.39 is 17.6 Å². The third-order valence-electron chi connectivity index (χ3n) is 3.64. The summed E-state index contributed by atoms with van der Waals surface area (Å²) in [6, 6.07) is 5.56. The van der Waals surface area contributed by atoms with Crippen LogP contribution in [0, 0.1) is 13.8 Å². The van der Waals surface area contributed by atoms with Gasteiger partial charge in [-0.15, -0.1) is 0 Å². The van der Waals surface area contributed by atoms with Crippen LogP contribution in [0.5, 0.6) is 0 Å². The smallest absolute Gasteiger partial charge is 0.383 e. The number of nitrogen functional groups attached to an aromatic ring is 1. The average molecular weight is 363 g/mol. The zero-order valence-electron chi connectivity index (χ0n) is 14.0. The minimum Gasteiger partial charge on any atom is -0.383 e. The van der Waals surface area contributed by atoms with Gasteiger partial charge < -0.3 is 11.1 Å². The van der Waals surface area contributed by atoms with Crippen LogP contribution in [0.3, 0.4) is 0 Å². The lowest BCUT2D eigenvalue weighted by atomic mass is 10.2. The number of rotatable bonds is 4. The first-order valence-electron chi connectivity index (χ1n) is 7.66. The first-order chi connectivity index (χ1) is 12.2. The Labute approximate surface area is 147 Å². The predicted octanol–water partition coefficient (Wildman–Crippen LogP) is 3.08. The van der Waals surface area contributed by atoms with Crippen molar-refractivity contribution in [2.75, 3.05) is 11.1 Å². The second kappa shape index (κ2) is 6.62. The van der Waals surface area contributed by atoms with E-state index in [0.29, 0.717) is 17.9 Å². The van der Waals surface area contributed by atoms with Gasteiger partial charge in [-0.25, -0.2) is 4.98 Å². The minimum atomic E-state index is -4.60. The third-order valence-corrected chi connectivity index (χ3v) is 3.64. The van der Waals surface area contributed by atoms with Crippen molar-refractivity contribution in [3.8, 4) is 0 Å². The molecule has 3 N–H and O–H groups in total. The van der Waals surface area contributed by atoms with Gasteiger partial charge in [-0.3, -0.25) is 9.67 Å². The van der Waals surface area contributed by atoms with Gasteiger partial charge in [0.2, 0.25) is 5.95 Å². The van der Waals surface area contributed by atoms with Crippen LogP contribution in [0.15, 0.2) is 30.6 Å². The molecule has 0 saturated carbocycles. The van der Waals surface area contributed by atoms with Gasteiger partial charge in [0.1, 0.15) is 11.4 Å². The zero-order valence-corrected chi connectivity index (χ0v) is 14.0. The van der Waals surface area contributed by atoms with Gasteiger partial charge in [0.25, 0.3) is 0 Å². The summed E-state index contributed by atoms with van der Waals surface area (Å²) in [5, 5.41) is 7.22. The van der Waals surface area contributed by atoms with E-state index in [1.165, 1.54) is 6.92 Å². The highest BCUT2D eigenvalue weighted by Crippen LogP contribution is 2.35. The number of anilines is 3. The van der Waals surface area contributed by atoms with Crippen molar-refractivity contribution in [2.45, 2.75) is 26.6 Å². The Kier molecular flexibility index (Phi) is 4.49. The van der Waals surface area contributed by atoms with Gasteiger partial charge in [0.05, 0.1) is 29.3 Å². The fourth-order valence-electron chi connectivity index (χ4n) is 2.50. The number of halogens is 3. The minimum absolute atomic E-state index is 0.0199. The van der Waals surface area contributed by atoms with E-state index in [4.69, 9.17) is 5.73 Å². The van der Waals surface area contributed by atoms with Crippen molar-refractivity contribution < 1.29 is 13.2 Å². The number of hydrogen-bond acceptors (Lipinski definition) is 6. The fraction of sp³-hybridized carbons (Fsp3) is 0.250. The number of nitrogens with zero attached hydrogens (tertiary/aromatic N) is 5. The standard InChI is InChI=1S/C16H16F3N7/c1-9-12(8-26(25-9)7-11-5-3-4-6-21-11)23-15-22-10(2)13(14(20)24-15)16(17,18)19/h3-6,8H,7H2,1-2H3,(H3,20,22,23,24). The quantitative estimate of drug-likeness (QED) is 0.740. The molecule has 0 atom stereocenters. The maximum absolute atomic E-state index is 12.9. The molecule has 3 rings (SSSR count). The van der Waals surface area contributed by atoms with Crippen LogP contribution >= 0.6 is 0 Å². The maximum atomic E-state index is 12.9. The highest BCUT2D eigenvalue weighted by molar-refractivity contribution is 5.58. The third kappa shape index (κ3) is 3.73. The second-order valence-electron chi connectivity index (χ2n) is 5.66. The van der Waals surface area contributed by atoms with Crippen LogP contribution in [0.2, 0.25) is 0 Å². The lowest BCUT2D eigenvalue weighted by Crippen LogP contribution is -2.15. The lowest BCUT2D eigenvalue weighted by Gasteiger charge is -2.13. The van der Waals surface area contributed by atoms with Crippen LogP contribution in [-0.2, 0) is 12.7 Å². The number of pyridine rings is 1. The molecule has 136 valence electrons. The first kappa shape index (κ1) is 17.6. The molecule has 7 nitrogen and oxygen atoms in total. The summed E-state index contributed by atoms with van der Waals surface area (Å²) in [6.45, 7) is 3.46. The van der Waals surface area contributed by atoms with Gasteiger partial charge in [-0.05, 0) is 26.0 Å². The molecule has 0 saturated heterocycles. The zero-order chi connectivity index (χ0) is 18.9. The van der Waals surface area contributed by atoms with Crippen molar-refractivity contribution in [2.24, 2.45) is 0 Å². The van der Waals surface area contributed by atoms with Gasteiger partial charge in [0.15, 0.2) is 0 Å². The number of aryl methyl sites for hydroxylation is 2. The summed E-state index contributed by atoms with van der Waals surface area (Å²) in [4.78, 5) is 11.8. The number of nitrogens with one attached hydrogen (secondary N) is 1. The van der Waals surface area contributed by atoms with E-state index >= 15 is 0 Å². The molecule has 0 bridgehead atoms. The average Bonchev–Trinajstić information content (AvgIpc) is 2.85. The van der Waals surface area contributed by atoms with Gasteiger partial charge >= 0.3 is 6.18 Å². The Balaban J connectivity index is 1.84. The highest BCUT2D eigenvalue weighted by atomic mass is 19.4. The van der Waals surface area contributed by atoms with Crippen molar-refractivity contribution in [1.82, 2.24) is 24.7 Å². The van der Waals surface area contributed by atoms with Gasteiger partial charge in [-0.1, -0.05) is 6.07 Å². The molecule has 0 amide bonds. The van der Waals surface area contributed by atoms with Gasteiger partial charge in [-0.2, -0.15) is 23.3 Å². The summed E-state index contributed by atoms with van der Waals surface area (Å²) in [5.41, 5.74) is 6.24. The Morgan fingerprint density at radius 2 is 1.92 bits per heavy atom. The number of aromatic nitrogens is 5. The Bertz CT molecular complexity index is 896. The Morgan fingerprint density at radius 3 is 2.54 bits per heavy atom. The van der Waals surface area contributed by atoms with E-state index in [0.717, 1.165) is 5.69 Å². The SMILES string of the molecule is Cc1nn(Cc2ccccn2)cc1Nc1nc(C)c(C(F)(F)F)c(N)n1. The molecular formula is C16H16F3N7. The topological polar surface area (TPSA) is 94.5 Å². The molecule has 3 heterocycles. The van der Waals surface area contributed by atoms with E-state index in [2.05, 4.69) is 25.4 Å². The van der Waals surface area contributed by atoms with E-state index in [1.807, 2.05) is 18.2 Å². The highest BCUT2D eigenvalue weighted by Gasteiger charge is 2.36. The van der Waals surface area contributed by atoms with Crippen LogP contribution in [-0.4, -0.2) is 24.7 Å². The molecule has 10 heteroatoms. The number of hydrogen-bond donors (Lipinski definition) is 2. The molecule has 0 aliphatic heterocycles. The molecule has 0 spiro atoms. The van der Waals surface area contributed by atoms with Crippen molar-refractivity contribution >= 4 is 17.5 Å². The molecule has 0 unspecified atom stereocenters. The fourth-order valence-corrected chi connectivity index (χ4v) is 2.50. The van der Waals surface area contributed by atoms with Crippen molar-refractivity contribution in [3.05, 3.63) is 53.2 Å². The molecule has 0 aliphatic carbocycles. The largest absolute Gasteiger partial charge is 0.421 e. The number of nitrogens with two attached hydrogens (primary N) is 1. The van der Waals surface area contributed by atoms with Crippen LogP contribution in [0.1, 0.15) is 22.6 Å². The monoisotopic (exact) mass is 363 g/mol. The van der Waals surface area contributed by atoms with Crippen LogP contribution in [0.4, 0.5) is 30.6 Å². The van der Waals surface area contributed by atoms with E-state index in [-0.39, 0.29) is 11.6 Å². The van der Waals surface area contributed by atoms with Gasteiger partial charge in [0, 0.05) is 12.4 Å². The summed E-state index contributed by atoms with van der Waals surface area (Å²) in [5.74, 6) is -0.639. The molecule has 0 aliphatic rings. The van der Waals surface area contributed by atoms with Crippen molar-refractivity contribution in [1.29, 1.82) is 0 Å². The lowest BCUT2D eigenvalue weighted by molar-refractivity contribution is -0.137. The molecule has 3 aromatic rings. The van der Waals surface area contributed by atoms with Crippen LogP contribution < -0.4 is 11.1 Å². The number of alkyl halides is 3. The van der Waals surface area contributed by atoms with E-state index in [9.17, 15) is 13.2 Å². The van der Waals surface area contributed by atoms with Crippen molar-refractivity contribution in [3.63, 3.8) is 0 Å².